The molecule has 230 valence electrons. The number of ether oxygens (including phenoxy) is 1. The molecule has 0 saturated carbocycles. The number of methoxy groups -OCH3 is 1. The summed E-state index contributed by atoms with van der Waals surface area (Å²) in [4.78, 5) is 27.8. The minimum absolute atomic E-state index is 0.0331. The van der Waals surface area contributed by atoms with E-state index in [9.17, 15) is 14.7 Å². The molecule has 4 N–H and O–H groups in total. The molecule has 1 heterocycles. The lowest BCUT2D eigenvalue weighted by molar-refractivity contribution is -0.121. The van der Waals surface area contributed by atoms with Crippen molar-refractivity contribution in [3.63, 3.8) is 0 Å². The Kier molecular flexibility index (Phi) is 9.42. The fourth-order valence-electron chi connectivity index (χ4n) is 6.22. The van der Waals surface area contributed by atoms with Crippen LogP contribution in [0.25, 0.3) is 0 Å². The minimum atomic E-state index is -1.62. The van der Waals surface area contributed by atoms with Crippen molar-refractivity contribution in [3.05, 3.63) is 93.0 Å². The zero-order valence-corrected chi connectivity index (χ0v) is 26.1. The number of nitrogens with one attached hydrogen (secondary N) is 1. The van der Waals surface area contributed by atoms with Gasteiger partial charge in [-0.1, -0.05) is 69.1 Å². The van der Waals surface area contributed by atoms with Crippen LogP contribution in [0.3, 0.4) is 0 Å². The Balaban J connectivity index is 1.98. The van der Waals surface area contributed by atoms with Gasteiger partial charge in [0.25, 0.3) is 0 Å². The molecule has 7 nitrogen and oxygen atoms in total. The summed E-state index contributed by atoms with van der Waals surface area (Å²) in [5.41, 5.74) is 5.75. The van der Waals surface area contributed by atoms with Crippen LogP contribution in [-0.2, 0) is 10.3 Å². The summed E-state index contributed by atoms with van der Waals surface area (Å²) in [6.45, 7) is 8.21. The van der Waals surface area contributed by atoms with E-state index in [1.165, 1.54) is 49.6 Å². The fourth-order valence-corrected chi connectivity index (χ4v) is 6.56. The van der Waals surface area contributed by atoms with E-state index in [2.05, 4.69) is 5.32 Å². The molecular weight excluding hydrogens is 599 g/mol. The number of likely N-dealkylation sites (tertiary alicyclic amines) is 1. The first-order valence-electron chi connectivity index (χ1n) is 13.8. The second kappa shape index (κ2) is 12.4. The van der Waals surface area contributed by atoms with Gasteiger partial charge in [0.05, 0.1) is 35.0 Å². The predicted molar refractivity (Wildman–Crippen MR) is 164 cm³/mol. The number of nitrogens with zero attached hydrogens (tertiary/aromatic N) is 1. The van der Waals surface area contributed by atoms with Crippen LogP contribution < -0.4 is 15.8 Å². The van der Waals surface area contributed by atoms with Gasteiger partial charge in [-0.25, -0.2) is 13.6 Å². The zero-order chi connectivity index (χ0) is 31.9. The first-order valence-corrected chi connectivity index (χ1v) is 14.6. The molecule has 1 fully saturated rings. The van der Waals surface area contributed by atoms with Crippen molar-refractivity contribution in [2.75, 3.05) is 19.0 Å². The topological polar surface area (TPSA) is 105 Å². The lowest BCUT2D eigenvalue weighted by Crippen LogP contribution is -2.53. The maximum Gasteiger partial charge on any atom is 0.335 e. The molecule has 3 aromatic carbocycles. The first kappa shape index (κ1) is 32.7. The highest BCUT2D eigenvalue weighted by atomic mass is 35.5. The molecule has 4 unspecified atom stereocenters. The summed E-state index contributed by atoms with van der Waals surface area (Å²) in [5.74, 6) is -4.15. The standard InChI is InChI=1S/C32H35Cl2F2N3O4/c1-6-39-25(16-31(2,3)4)32(37,20-12-11-18(33)15-22(20)35)26(19-8-7-9-21(34)27(19)36)28(39)29(40)38-23-13-10-17(30(41)42)14-24(23)43-5/h7-15,25-26,28H,6,16,37H2,1-5H3,(H,38,40)(H,41,42). The molecule has 0 aromatic heterocycles. The van der Waals surface area contributed by atoms with Crippen LogP contribution in [-0.4, -0.2) is 47.6 Å². The zero-order valence-electron chi connectivity index (χ0n) is 24.6. The number of rotatable bonds is 8. The molecule has 0 aliphatic carbocycles. The van der Waals surface area contributed by atoms with Gasteiger partial charge in [0.1, 0.15) is 17.4 Å². The predicted octanol–water partition coefficient (Wildman–Crippen LogP) is 7.06. The maximum atomic E-state index is 15.9. The number of amides is 1. The molecule has 0 spiro atoms. The normalized spacial score (nSPS) is 22.4. The number of nitrogens with two attached hydrogens (primary N) is 1. The second-order valence-electron chi connectivity index (χ2n) is 11.9. The molecule has 4 atom stereocenters. The summed E-state index contributed by atoms with van der Waals surface area (Å²) < 4.78 is 37.2. The van der Waals surface area contributed by atoms with Crippen molar-refractivity contribution in [1.29, 1.82) is 0 Å². The molecule has 1 saturated heterocycles. The van der Waals surface area contributed by atoms with Crippen molar-refractivity contribution in [2.24, 2.45) is 11.1 Å². The molecular formula is C32H35Cl2F2N3O4. The number of carbonyl (C=O) groups excluding carboxylic acids is 1. The number of anilines is 1. The van der Waals surface area contributed by atoms with Crippen molar-refractivity contribution < 1.29 is 28.2 Å². The van der Waals surface area contributed by atoms with Gasteiger partial charge in [0.15, 0.2) is 0 Å². The third-order valence-corrected chi connectivity index (χ3v) is 8.53. The second-order valence-corrected chi connectivity index (χ2v) is 12.8. The van der Waals surface area contributed by atoms with Crippen molar-refractivity contribution in [1.82, 2.24) is 4.90 Å². The van der Waals surface area contributed by atoms with E-state index in [-0.39, 0.29) is 43.6 Å². The van der Waals surface area contributed by atoms with Crippen LogP contribution in [0.2, 0.25) is 10.0 Å². The highest BCUT2D eigenvalue weighted by Crippen LogP contribution is 2.54. The average Bonchev–Trinajstić information content (AvgIpc) is 3.17. The minimum Gasteiger partial charge on any atom is -0.495 e. The van der Waals surface area contributed by atoms with E-state index < -0.39 is 47.1 Å². The highest BCUT2D eigenvalue weighted by molar-refractivity contribution is 6.31. The lowest BCUT2D eigenvalue weighted by atomic mass is 9.68. The van der Waals surface area contributed by atoms with Crippen LogP contribution in [0.1, 0.15) is 61.5 Å². The van der Waals surface area contributed by atoms with E-state index in [1.54, 1.807) is 6.07 Å². The molecule has 4 rings (SSSR count). The van der Waals surface area contributed by atoms with Gasteiger partial charge in [0.2, 0.25) is 5.91 Å². The molecule has 43 heavy (non-hydrogen) atoms. The highest BCUT2D eigenvalue weighted by Gasteiger charge is 2.62. The average molecular weight is 635 g/mol. The smallest absolute Gasteiger partial charge is 0.335 e. The van der Waals surface area contributed by atoms with Crippen molar-refractivity contribution in [2.45, 2.75) is 57.7 Å². The molecule has 0 bridgehead atoms. The van der Waals surface area contributed by atoms with Crippen LogP contribution >= 0.6 is 23.2 Å². The summed E-state index contributed by atoms with van der Waals surface area (Å²) >= 11 is 12.4. The van der Waals surface area contributed by atoms with Crippen LogP contribution in [0.4, 0.5) is 14.5 Å². The van der Waals surface area contributed by atoms with Gasteiger partial charge in [0, 0.05) is 22.5 Å². The van der Waals surface area contributed by atoms with E-state index in [0.717, 1.165) is 6.07 Å². The molecule has 11 heteroatoms. The Morgan fingerprint density at radius 1 is 1.12 bits per heavy atom. The summed E-state index contributed by atoms with van der Waals surface area (Å²) in [6.07, 6.45) is 0.429. The van der Waals surface area contributed by atoms with Gasteiger partial charge in [-0.3, -0.25) is 9.69 Å². The summed E-state index contributed by atoms with van der Waals surface area (Å²) in [6, 6.07) is 10.9. The van der Waals surface area contributed by atoms with Crippen LogP contribution in [0.5, 0.6) is 5.75 Å². The van der Waals surface area contributed by atoms with Gasteiger partial charge < -0.3 is 20.9 Å². The Morgan fingerprint density at radius 3 is 2.40 bits per heavy atom. The summed E-state index contributed by atoms with van der Waals surface area (Å²) in [5, 5.41) is 12.2. The number of carboxylic acid groups (broad SMARTS) is 1. The lowest BCUT2D eigenvalue weighted by Gasteiger charge is -2.41. The third-order valence-electron chi connectivity index (χ3n) is 8.00. The van der Waals surface area contributed by atoms with Gasteiger partial charge in [-0.15, -0.1) is 0 Å². The Bertz CT molecular complexity index is 1550. The van der Waals surface area contributed by atoms with Gasteiger partial charge in [-0.05, 0) is 60.3 Å². The number of hydrogen-bond acceptors (Lipinski definition) is 5. The Hall–Kier alpha value is -3.24. The number of halogens is 4. The first-order chi connectivity index (χ1) is 20.1. The van der Waals surface area contributed by atoms with E-state index in [4.69, 9.17) is 33.7 Å². The van der Waals surface area contributed by atoms with Crippen LogP contribution in [0.15, 0.2) is 54.6 Å². The van der Waals surface area contributed by atoms with Crippen molar-refractivity contribution >= 4 is 40.8 Å². The number of hydrogen-bond donors (Lipinski definition) is 3. The number of carbonyl (C=O) groups is 2. The molecule has 0 radical (unpaired) electrons. The maximum absolute atomic E-state index is 15.9. The fraction of sp³-hybridized carbons (Fsp3) is 0.375. The van der Waals surface area contributed by atoms with E-state index in [1.807, 2.05) is 32.6 Å². The Morgan fingerprint density at radius 2 is 1.81 bits per heavy atom. The van der Waals surface area contributed by atoms with Crippen molar-refractivity contribution in [3.8, 4) is 5.75 Å². The molecule has 1 aliphatic rings. The largest absolute Gasteiger partial charge is 0.495 e. The van der Waals surface area contributed by atoms with Gasteiger partial charge in [-0.2, -0.15) is 0 Å². The SMILES string of the molecule is CCN1C(C(=O)Nc2ccc(C(=O)O)cc2OC)C(c2cccc(Cl)c2F)C(N)(c2ccc(Cl)cc2F)C1CC(C)(C)C. The molecule has 1 aliphatic heterocycles. The Labute approximate surface area is 259 Å². The monoisotopic (exact) mass is 633 g/mol. The van der Waals surface area contributed by atoms with E-state index >= 15 is 8.78 Å². The van der Waals surface area contributed by atoms with Crippen LogP contribution in [0, 0.1) is 17.0 Å². The number of likely N-dealkylation sites (N-methyl/N-ethyl adjacent to an activating group) is 1. The quantitative estimate of drug-likeness (QED) is 0.245. The summed E-state index contributed by atoms with van der Waals surface area (Å²) in [7, 11) is 1.35. The number of benzene rings is 3. The third kappa shape index (κ3) is 6.22. The molecule has 3 aromatic rings. The number of aromatic carboxylic acids is 1. The van der Waals surface area contributed by atoms with E-state index in [0.29, 0.717) is 13.0 Å². The van der Waals surface area contributed by atoms with Gasteiger partial charge >= 0.3 is 5.97 Å². The molecule has 1 amide bonds. The number of carboxylic acids is 1.